The highest BCUT2D eigenvalue weighted by Gasteiger charge is 2.32. The molecule has 2 aliphatic rings. The van der Waals surface area contributed by atoms with Crippen LogP contribution < -0.4 is 14.4 Å². The Balaban J connectivity index is 1.46. The predicted octanol–water partition coefficient (Wildman–Crippen LogP) is 4.96. The van der Waals surface area contributed by atoms with Crippen molar-refractivity contribution < 1.29 is 14.6 Å². The number of hydrogen-bond acceptors (Lipinski definition) is 6. The number of aliphatic hydroxyl groups excluding tert-OH is 1. The van der Waals surface area contributed by atoms with Gasteiger partial charge in [0, 0.05) is 22.2 Å². The van der Waals surface area contributed by atoms with Crippen LogP contribution in [-0.4, -0.2) is 35.7 Å². The lowest BCUT2D eigenvalue weighted by molar-refractivity contribution is 0.171. The number of thiazole rings is 1. The van der Waals surface area contributed by atoms with Crippen LogP contribution in [0.5, 0.6) is 11.5 Å². The van der Waals surface area contributed by atoms with Gasteiger partial charge in [0.15, 0.2) is 11.5 Å². The molecule has 0 aliphatic carbocycles. The SMILES string of the molecule is Cc1ccc(-c2nc(C3=C(O)CN(c4ccc5c(c4)OCCO5)C3=N)sc2C)cc1. The van der Waals surface area contributed by atoms with Crippen LogP contribution in [0, 0.1) is 19.3 Å². The van der Waals surface area contributed by atoms with Gasteiger partial charge in [-0.3, -0.25) is 5.41 Å². The number of nitrogens with zero attached hydrogens (tertiary/aromatic N) is 2. The van der Waals surface area contributed by atoms with E-state index < -0.39 is 0 Å². The predicted molar refractivity (Wildman–Crippen MR) is 119 cm³/mol. The summed E-state index contributed by atoms with van der Waals surface area (Å²) in [4.78, 5) is 7.59. The molecule has 5 rings (SSSR count). The molecule has 7 heteroatoms. The molecule has 2 aromatic carbocycles. The number of fused-ring (bicyclic) bond motifs is 1. The Bertz CT molecular complexity index is 1180. The number of anilines is 1. The van der Waals surface area contributed by atoms with E-state index in [1.807, 2.05) is 25.1 Å². The summed E-state index contributed by atoms with van der Waals surface area (Å²) in [6, 6.07) is 13.8. The third kappa shape index (κ3) is 3.11. The van der Waals surface area contributed by atoms with Gasteiger partial charge < -0.3 is 19.5 Å². The lowest BCUT2D eigenvalue weighted by atomic mass is 10.1. The van der Waals surface area contributed by atoms with Gasteiger partial charge >= 0.3 is 0 Å². The van der Waals surface area contributed by atoms with Crippen LogP contribution in [0.15, 0.2) is 48.2 Å². The maximum Gasteiger partial charge on any atom is 0.163 e. The zero-order chi connectivity index (χ0) is 20.8. The fraction of sp³-hybridized carbons (Fsp3) is 0.217. The average Bonchev–Trinajstić information content (AvgIpc) is 3.27. The van der Waals surface area contributed by atoms with E-state index >= 15 is 0 Å². The third-order valence-corrected chi connectivity index (χ3v) is 6.26. The van der Waals surface area contributed by atoms with Crippen LogP contribution in [0.2, 0.25) is 0 Å². The second kappa shape index (κ2) is 7.18. The minimum atomic E-state index is 0.152. The van der Waals surface area contributed by atoms with E-state index in [0.29, 0.717) is 35.3 Å². The van der Waals surface area contributed by atoms with Crippen molar-refractivity contribution in [2.24, 2.45) is 0 Å². The van der Waals surface area contributed by atoms with Gasteiger partial charge in [-0.05, 0) is 26.0 Å². The molecule has 1 aromatic heterocycles. The summed E-state index contributed by atoms with van der Waals surface area (Å²) in [7, 11) is 0. The largest absolute Gasteiger partial charge is 0.510 e. The normalized spacial score (nSPS) is 15.8. The standard InChI is InChI=1S/C23H21N3O3S/c1-13-3-5-15(6-4-13)21-14(2)30-23(25-21)20-17(27)12-26(22(20)24)16-7-8-18-19(11-16)29-10-9-28-18/h3-8,11,24,27H,9-10,12H2,1-2H3. The molecule has 6 nitrogen and oxygen atoms in total. The summed E-state index contributed by atoms with van der Waals surface area (Å²) in [5.74, 6) is 1.74. The molecule has 0 fully saturated rings. The van der Waals surface area contributed by atoms with E-state index in [1.54, 1.807) is 4.90 Å². The zero-order valence-electron chi connectivity index (χ0n) is 16.7. The number of ether oxygens (including phenoxy) is 2. The van der Waals surface area contributed by atoms with E-state index in [9.17, 15) is 5.11 Å². The molecule has 0 saturated heterocycles. The summed E-state index contributed by atoms with van der Waals surface area (Å²) in [5, 5.41) is 20.1. The molecule has 0 radical (unpaired) electrons. The highest BCUT2D eigenvalue weighted by Crippen LogP contribution is 2.39. The average molecular weight is 420 g/mol. The smallest absolute Gasteiger partial charge is 0.163 e. The van der Waals surface area contributed by atoms with Gasteiger partial charge in [-0.2, -0.15) is 0 Å². The zero-order valence-corrected chi connectivity index (χ0v) is 17.5. The van der Waals surface area contributed by atoms with Crippen molar-refractivity contribution in [3.63, 3.8) is 0 Å². The van der Waals surface area contributed by atoms with Gasteiger partial charge in [0.05, 0.1) is 17.8 Å². The second-order valence-electron chi connectivity index (χ2n) is 7.37. The van der Waals surface area contributed by atoms with Crippen molar-refractivity contribution in [2.45, 2.75) is 13.8 Å². The minimum absolute atomic E-state index is 0.152. The van der Waals surface area contributed by atoms with E-state index in [-0.39, 0.29) is 18.1 Å². The molecule has 3 heterocycles. The Morgan fingerprint density at radius 1 is 1.03 bits per heavy atom. The molecule has 0 spiro atoms. The monoisotopic (exact) mass is 419 g/mol. The van der Waals surface area contributed by atoms with Gasteiger partial charge in [-0.1, -0.05) is 29.8 Å². The molecule has 0 saturated carbocycles. The Labute approximate surface area is 178 Å². The van der Waals surface area contributed by atoms with Gasteiger partial charge in [-0.15, -0.1) is 11.3 Å². The number of rotatable bonds is 3. The first-order valence-corrected chi connectivity index (χ1v) is 10.6. The Kier molecular flexibility index (Phi) is 4.47. The van der Waals surface area contributed by atoms with Gasteiger partial charge in [0.2, 0.25) is 0 Å². The second-order valence-corrected chi connectivity index (χ2v) is 8.58. The summed E-state index contributed by atoms with van der Waals surface area (Å²) < 4.78 is 11.2. The molecule has 2 aliphatic heterocycles. The van der Waals surface area contributed by atoms with Crippen LogP contribution in [0.25, 0.3) is 16.8 Å². The van der Waals surface area contributed by atoms with Gasteiger partial charge in [-0.25, -0.2) is 4.98 Å². The molecular weight excluding hydrogens is 398 g/mol. The molecule has 2 N–H and O–H groups in total. The van der Waals surface area contributed by atoms with Crippen LogP contribution in [0.1, 0.15) is 15.4 Å². The number of nitrogens with one attached hydrogen (secondary N) is 1. The molecule has 30 heavy (non-hydrogen) atoms. The first kappa shape index (κ1) is 18.7. The molecule has 3 aromatic rings. The highest BCUT2D eigenvalue weighted by atomic mass is 32.1. The van der Waals surface area contributed by atoms with Crippen molar-refractivity contribution in [2.75, 3.05) is 24.7 Å². The van der Waals surface area contributed by atoms with Crippen LogP contribution in [-0.2, 0) is 0 Å². The van der Waals surface area contributed by atoms with E-state index in [2.05, 4.69) is 31.2 Å². The van der Waals surface area contributed by atoms with E-state index in [1.165, 1.54) is 16.9 Å². The quantitative estimate of drug-likeness (QED) is 0.627. The fourth-order valence-corrected chi connectivity index (χ4v) is 4.71. The van der Waals surface area contributed by atoms with Crippen LogP contribution >= 0.6 is 11.3 Å². The summed E-state index contributed by atoms with van der Waals surface area (Å²) in [6.45, 7) is 5.34. The Morgan fingerprint density at radius 2 is 1.77 bits per heavy atom. The third-order valence-electron chi connectivity index (χ3n) is 5.28. The maximum atomic E-state index is 10.7. The molecule has 0 unspecified atom stereocenters. The van der Waals surface area contributed by atoms with Crippen LogP contribution in [0.3, 0.4) is 0 Å². The van der Waals surface area contributed by atoms with E-state index in [0.717, 1.165) is 21.8 Å². The van der Waals surface area contributed by atoms with Gasteiger partial charge in [0.25, 0.3) is 0 Å². The van der Waals surface area contributed by atoms with E-state index in [4.69, 9.17) is 19.9 Å². The number of amidine groups is 1. The lowest BCUT2D eigenvalue weighted by Gasteiger charge is -2.23. The van der Waals surface area contributed by atoms with Crippen LogP contribution in [0.4, 0.5) is 5.69 Å². The summed E-state index contributed by atoms with van der Waals surface area (Å²) in [5.41, 5.74) is 4.38. The van der Waals surface area contributed by atoms with Crippen molar-refractivity contribution in [3.05, 3.63) is 63.7 Å². The number of benzene rings is 2. The Morgan fingerprint density at radius 3 is 2.53 bits per heavy atom. The minimum Gasteiger partial charge on any atom is -0.510 e. The number of aryl methyl sites for hydroxylation is 2. The van der Waals surface area contributed by atoms with Crippen molar-refractivity contribution in [3.8, 4) is 22.8 Å². The maximum absolute atomic E-state index is 10.7. The van der Waals surface area contributed by atoms with Crippen molar-refractivity contribution in [1.29, 1.82) is 5.41 Å². The topological polar surface area (TPSA) is 78.7 Å². The molecule has 0 amide bonds. The molecule has 0 atom stereocenters. The highest BCUT2D eigenvalue weighted by molar-refractivity contribution is 7.13. The summed E-state index contributed by atoms with van der Waals surface area (Å²) >= 11 is 1.50. The summed E-state index contributed by atoms with van der Waals surface area (Å²) in [6.07, 6.45) is 0. The van der Waals surface area contributed by atoms with Crippen molar-refractivity contribution >= 4 is 28.4 Å². The molecule has 152 valence electrons. The fourth-order valence-electron chi connectivity index (χ4n) is 3.71. The number of hydrogen-bond donors (Lipinski definition) is 2. The molecular formula is C23H21N3O3S. The Hall–Kier alpha value is -3.32. The number of aliphatic hydroxyl groups is 1. The van der Waals surface area contributed by atoms with Gasteiger partial charge in [0.1, 0.15) is 29.8 Å². The first-order chi connectivity index (χ1) is 14.5. The molecule has 0 bridgehead atoms. The lowest BCUT2D eigenvalue weighted by Crippen LogP contribution is -2.26. The van der Waals surface area contributed by atoms with Crippen molar-refractivity contribution in [1.82, 2.24) is 4.98 Å². The first-order valence-electron chi connectivity index (χ1n) is 9.74. The number of aromatic nitrogens is 1.